The second-order valence-corrected chi connectivity index (χ2v) is 4.03. The van der Waals surface area contributed by atoms with Gasteiger partial charge in [-0.2, -0.15) is 0 Å². The predicted molar refractivity (Wildman–Crippen MR) is 67.5 cm³/mol. The zero-order valence-electron chi connectivity index (χ0n) is 9.87. The van der Waals surface area contributed by atoms with E-state index in [1.54, 1.807) is 18.2 Å². The molecule has 1 atom stereocenters. The number of nitrogens with one attached hydrogen (secondary N) is 1. The quantitative estimate of drug-likeness (QED) is 0.851. The number of methoxy groups -OCH3 is 1. The lowest BCUT2D eigenvalue weighted by molar-refractivity contribution is -0.121. The molecule has 0 aliphatic carbocycles. The van der Waals surface area contributed by atoms with Gasteiger partial charge in [-0.15, -0.1) is 0 Å². The van der Waals surface area contributed by atoms with Crippen molar-refractivity contribution in [2.75, 3.05) is 19.0 Å². The van der Waals surface area contributed by atoms with Crippen LogP contribution in [0.15, 0.2) is 18.2 Å². The van der Waals surface area contributed by atoms with Crippen LogP contribution in [0.4, 0.5) is 5.69 Å². The molecule has 94 valence electrons. The first-order chi connectivity index (χ1) is 8.12. The number of carbonyl (C=O) groups is 1. The first-order valence-electron chi connectivity index (χ1n) is 5.37. The molecule has 0 aliphatic rings. The molecule has 0 saturated heterocycles. The monoisotopic (exact) mass is 257 g/mol. The van der Waals surface area contributed by atoms with Crippen LogP contribution in [-0.2, 0) is 4.79 Å². The van der Waals surface area contributed by atoms with Gasteiger partial charge in [-0.1, -0.05) is 18.5 Å². The standard InChI is InChI=1S/C12H16ClNO3/c1-3-8(7-15)12(16)14-9-4-5-11(17-2)10(13)6-9/h4-6,8,15H,3,7H2,1-2H3,(H,14,16). The average molecular weight is 258 g/mol. The van der Waals surface area contributed by atoms with Crippen LogP contribution in [0.3, 0.4) is 0 Å². The van der Waals surface area contributed by atoms with Gasteiger partial charge in [0.15, 0.2) is 0 Å². The van der Waals surface area contributed by atoms with Crippen molar-refractivity contribution in [3.63, 3.8) is 0 Å². The molecule has 17 heavy (non-hydrogen) atoms. The summed E-state index contributed by atoms with van der Waals surface area (Å²) in [5, 5.41) is 12.1. The van der Waals surface area contributed by atoms with Crippen LogP contribution in [0.1, 0.15) is 13.3 Å². The normalized spacial score (nSPS) is 12.0. The fraction of sp³-hybridized carbons (Fsp3) is 0.417. The predicted octanol–water partition coefficient (Wildman–Crippen LogP) is 2.31. The number of aliphatic hydroxyl groups excluding tert-OH is 1. The SMILES string of the molecule is CCC(CO)C(=O)Nc1ccc(OC)c(Cl)c1. The molecule has 1 aromatic rings. The Balaban J connectivity index is 2.75. The van der Waals surface area contributed by atoms with Crippen molar-refractivity contribution in [3.8, 4) is 5.75 Å². The minimum absolute atomic E-state index is 0.160. The van der Waals surface area contributed by atoms with Crippen LogP contribution in [0.5, 0.6) is 5.75 Å². The lowest BCUT2D eigenvalue weighted by atomic mass is 10.1. The molecular weight excluding hydrogens is 242 g/mol. The number of hydrogen-bond donors (Lipinski definition) is 2. The molecule has 0 heterocycles. The van der Waals surface area contributed by atoms with E-state index >= 15 is 0 Å². The summed E-state index contributed by atoms with van der Waals surface area (Å²) in [6.07, 6.45) is 0.590. The molecule has 1 unspecified atom stereocenters. The highest BCUT2D eigenvalue weighted by molar-refractivity contribution is 6.32. The second kappa shape index (κ2) is 6.47. The molecule has 0 radical (unpaired) electrons. The Kier molecular flexibility index (Phi) is 5.25. The second-order valence-electron chi connectivity index (χ2n) is 3.63. The smallest absolute Gasteiger partial charge is 0.229 e. The molecule has 0 bridgehead atoms. The largest absolute Gasteiger partial charge is 0.495 e. The van der Waals surface area contributed by atoms with Crippen molar-refractivity contribution in [1.29, 1.82) is 0 Å². The Bertz CT molecular complexity index is 391. The van der Waals surface area contributed by atoms with Crippen molar-refractivity contribution >= 4 is 23.2 Å². The summed E-state index contributed by atoms with van der Waals surface area (Å²) in [5.74, 6) is -0.0500. The van der Waals surface area contributed by atoms with Crippen LogP contribution >= 0.6 is 11.6 Å². The highest BCUT2D eigenvalue weighted by atomic mass is 35.5. The van der Waals surface area contributed by atoms with Crippen LogP contribution < -0.4 is 10.1 Å². The third-order valence-electron chi connectivity index (χ3n) is 2.50. The average Bonchev–Trinajstić information content (AvgIpc) is 2.31. The summed E-state index contributed by atoms with van der Waals surface area (Å²) in [4.78, 5) is 11.7. The van der Waals surface area contributed by atoms with Crippen LogP contribution in [0.25, 0.3) is 0 Å². The maximum Gasteiger partial charge on any atom is 0.229 e. The fourth-order valence-electron chi connectivity index (χ4n) is 1.39. The maximum atomic E-state index is 11.7. The number of rotatable bonds is 5. The minimum atomic E-state index is -0.393. The molecule has 1 aromatic carbocycles. The van der Waals surface area contributed by atoms with Gasteiger partial charge >= 0.3 is 0 Å². The third kappa shape index (κ3) is 3.61. The third-order valence-corrected chi connectivity index (χ3v) is 2.80. The topological polar surface area (TPSA) is 58.6 Å². The van der Waals surface area contributed by atoms with Crippen LogP contribution in [0, 0.1) is 5.92 Å². The van der Waals surface area contributed by atoms with E-state index in [0.717, 1.165) is 0 Å². The highest BCUT2D eigenvalue weighted by Crippen LogP contribution is 2.27. The molecule has 2 N–H and O–H groups in total. The molecule has 0 aliphatic heterocycles. The number of aliphatic hydroxyl groups is 1. The number of anilines is 1. The number of carbonyl (C=O) groups excluding carboxylic acids is 1. The first-order valence-corrected chi connectivity index (χ1v) is 5.75. The van der Waals surface area contributed by atoms with Crippen LogP contribution in [-0.4, -0.2) is 24.7 Å². The summed E-state index contributed by atoms with van der Waals surface area (Å²) < 4.78 is 5.01. The van der Waals surface area contributed by atoms with Gasteiger partial charge in [0.05, 0.1) is 24.7 Å². The summed E-state index contributed by atoms with van der Waals surface area (Å²) >= 11 is 5.93. The van der Waals surface area contributed by atoms with E-state index < -0.39 is 5.92 Å². The molecule has 0 fully saturated rings. The molecule has 1 amide bonds. The van der Waals surface area contributed by atoms with E-state index in [1.165, 1.54) is 7.11 Å². The van der Waals surface area contributed by atoms with Gasteiger partial charge < -0.3 is 15.2 Å². The Morgan fingerprint density at radius 3 is 2.76 bits per heavy atom. The number of amides is 1. The summed E-state index contributed by atoms with van der Waals surface area (Å²) in [6.45, 7) is 1.69. The molecule has 1 rings (SSSR count). The van der Waals surface area contributed by atoms with E-state index in [1.807, 2.05) is 6.92 Å². The lowest BCUT2D eigenvalue weighted by Gasteiger charge is -2.13. The van der Waals surface area contributed by atoms with E-state index in [-0.39, 0.29) is 12.5 Å². The van der Waals surface area contributed by atoms with Gasteiger partial charge in [-0.25, -0.2) is 0 Å². The van der Waals surface area contributed by atoms with Crippen molar-refractivity contribution in [3.05, 3.63) is 23.2 Å². The Morgan fingerprint density at radius 1 is 1.59 bits per heavy atom. The van der Waals surface area contributed by atoms with Gasteiger partial charge in [0.2, 0.25) is 5.91 Å². The zero-order valence-corrected chi connectivity index (χ0v) is 10.6. The van der Waals surface area contributed by atoms with Gasteiger partial charge in [0.25, 0.3) is 0 Å². The molecule has 0 saturated carbocycles. The number of halogens is 1. The molecule has 5 heteroatoms. The number of benzene rings is 1. The van der Waals surface area contributed by atoms with Crippen molar-refractivity contribution in [2.24, 2.45) is 5.92 Å². The van der Waals surface area contributed by atoms with E-state index in [2.05, 4.69) is 5.32 Å². The van der Waals surface area contributed by atoms with Crippen LogP contribution in [0.2, 0.25) is 5.02 Å². The Morgan fingerprint density at radius 2 is 2.29 bits per heavy atom. The summed E-state index contributed by atoms with van der Waals surface area (Å²) in [6, 6.07) is 4.99. The maximum absolute atomic E-state index is 11.7. The van der Waals surface area contributed by atoms with Crippen molar-refractivity contribution in [2.45, 2.75) is 13.3 Å². The van der Waals surface area contributed by atoms with Crippen molar-refractivity contribution in [1.82, 2.24) is 0 Å². The molecular formula is C12H16ClNO3. The summed E-state index contributed by atoms with van der Waals surface area (Å²) in [5.41, 5.74) is 0.590. The van der Waals surface area contributed by atoms with Gasteiger partial charge in [-0.05, 0) is 24.6 Å². The van der Waals surface area contributed by atoms with Crippen molar-refractivity contribution < 1.29 is 14.6 Å². The zero-order chi connectivity index (χ0) is 12.8. The van der Waals surface area contributed by atoms with E-state index in [9.17, 15) is 4.79 Å². The molecule has 0 spiro atoms. The van der Waals surface area contributed by atoms with Gasteiger partial charge in [0.1, 0.15) is 5.75 Å². The van der Waals surface area contributed by atoms with E-state index in [0.29, 0.717) is 22.9 Å². The lowest BCUT2D eigenvalue weighted by Crippen LogP contribution is -2.25. The van der Waals surface area contributed by atoms with Gasteiger partial charge in [-0.3, -0.25) is 4.79 Å². The molecule has 4 nitrogen and oxygen atoms in total. The van der Waals surface area contributed by atoms with E-state index in [4.69, 9.17) is 21.4 Å². The number of hydrogen-bond acceptors (Lipinski definition) is 3. The Hall–Kier alpha value is -1.26. The highest BCUT2D eigenvalue weighted by Gasteiger charge is 2.15. The minimum Gasteiger partial charge on any atom is -0.495 e. The van der Waals surface area contributed by atoms with Gasteiger partial charge in [0, 0.05) is 5.69 Å². The summed E-state index contributed by atoms with van der Waals surface area (Å²) in [7, 11) is 1.53. The Labute approximate surface area is 106 Å². The number of ether oxygens (including phenoxy) is 1. The first kappa shape index (κ1) is 13.8. The molecule has 0 aromatic heterocycles. The fourth-order valence-corrected chi connectivity index (χ4v) is 1.64.